The Morgan fingerprint density at radius 2 is 1.80 bits per heavy atom. The Bertz CT molecular complexity index is 843. The monoisotopic (exact) mass is 353 g/mol. The number of carbonyl (C=O) groups excluding carboxylic acids is 1. The van der Waals surface area contributed by atoms with E-state index < -0.39 is 0 Å². The van der Waals surface area contributed by atoms with Gasteiger partial charge >= 0.3 is 0 Å². The lowest BCUT2D eigenvalue weighted by Gasteiger charge is -2.11. The molecule has 0 aliphatic rings. The number of hydrazine groups is 1. The molecule has 0 aliphatic carbocycles. The fourth-order valence-electron chi connectivity index (χ4n) is 2.36. The van der Waals surface area contributed by atoms with Gasteiger partial charge in [-0.2, -0.15) is 0 Å². The standard InChI is InChI=1S/C19H19N3O2S/c1-13-17(14(2)24-22-13)12-25-18-11-7-6-10-16(18)19(23)21-20-15-8-4-3-5-9-15/h3-11,20H,12H2,1-2H3,(H,21,23). The number of nitrogens with one attached hydrogen (secondary N) is 2. The highest BCUT2D eigenvalue weighted by Gasteiger charge is 2.14. The first-order chi connectivity index (χ1) is 12.1. The molecule has 3 rings (SSSR count). The molecule has 0 spiro atoms. The molecule has 0 fully saturated rings. The smallest absolute Gasteiger partial charge is 0.270 e. The van der Waals surface area contributed by atoms with Gasteiger partial charge in [0.05, 0.1) is 16.9 Å². The Morgan fingerprint density at radius 3 is 2.52 bits per heavy atom. The quantitative estimate of drug-likeness (QED) is 0.510. The van der Waals surface area contributed by atoms with E-state index in [4.69, 9.17) is 4.52 Å². The predicted octanol–water partition coefficient (Wildman–Crippen LogP) is 4.34. The van der Waals surface area contributed by atoms with Crippen LogP contribution in [0.1, 0.15) is 27.4 Å². The van der Waals surface area contributed by atoms with E-state index in [-0.39, 0.29) is 5.91 Å². The molecule has 0 saturated carbocycles. The van der Waals surface area contributed by atoms with E-state index in [2.05, 4.69) is 16.0 Å². The van der Waals surface area contributed by atoms with Crippen molar-refractivity contribution in [1.82, 2.24) is 10.6 Å². The summed E-state index contributed by atoms with van der Waals surface area (Å²) in [5.41, 5.74) is 9.08. The van der Waals surface area contributed by atoms with Gasteiger partial charge in [0.15, 0.2) is 0 Å². The van der Waals surface area contributed by atoms with Crippen LogP contribution in [0.2, 0.25) is 0 Å². The summed E-state index contributed by atoms with van der Waals surface area (Å²) in [5, 5.41) is 3.97. The fraction of sp³-hybridized carbons (Fsp3) is 0.158. The summed E-state index contributed by atoms with van der Waals surface area (Å²) in [7, 11) is 0. The number of aromatic nitrogens is 1. The van der Waals surface area contributed by atoms with Gasteiger partial charge in [0, 0.05) is 16.2 Å². The molecule has 2 aromatic carbocycles. The first-order valence-corrected chi connectivity index (χ1v) is 8.88. The molecule has 0 radical (unpaired) electrons. The van der Waals surface area contributed by atoms with E-state index in [1.807, 2.05) is 68.4 Å². The lowest BCUT2D eigenvalue weighted by molar-refractivity contribution is 0.0960. The number of amides is 1. The first-order valence-electron chi connectivity index (χ1n) is 7.90. The summed E-state index contributed by atoms with van der Waals surface area (Å²) in [4.78, 5) is 13.4. The maximum atomic E-state index is 12.5. The molecule has 0 unspecified atom stereocenters. The number of rotatable bonds is 6. The molecular weight excluding hydrogens is 334 g/mol. The molecular formula is C19H19N3O2S. The Labute approximate surface area is 150 Å². The molecule has 1 aromatic heterocycles. The van der Waals surface area contributed by atoms with Crippen molar-refractivity contribution in [3.63, 3.8) is 0 Å². The number of aryl methyl sites for hydroxylation is 2. The third-order valence-corrected chi connectivity index (χ3v) is 4.88. The molecule has 128 valence electrons. The van der Waals surface area contributed by atoms with E-state index >= 15 is 0 Å². The summed E-state index contributed by atoms with van der Waals surface area (Å²) >= 11 is 1.59. The average Bonchev–Trinajstić information content (AvgIpc) is 2.97. The molecule has 0 saturated heterocycles. The summed E-state index contributed by atoms with van der Waals surface area (Å²) in [6.07, 6.45) is 0. The zero-order valence-corrected chi connectivity index (χ0v) is 14.9. The molecule has 1 amide bonds. The predicted molar refractivity (Wildman–Crippen MR) is 99.5 cm³/mol. The molecule has 2 N–H and O–H groups in total. The Kier molecular flexibility index (Phi) is 5.40. The number of benzene rings is 2. The lowest BCUT2D eigenvalue weighted by atomic mass is 10.2. The molecule has 1 heterocycles. The maximum Gasteiger partial charge on any atom is 0.270 e. The molecule has 6 heteroatoms. The molecule has 5 nitrogen and oxygen atoms in total. The largest absolute Gasteiger partial charge is 0.361 e. The van der Waals surface area contributed by atoms with Crippen LogP contribution in [0.15, 0.2) is 64.0 Å². The Morgan fingerprint density at radius 1 is 1.08 bits per heavy atom. The van der Waals surface area contributed by atoms with E-state index in [0.29, 0.717) is 11.3 Å². The average molecular weight is 353 g/mol. The van der Waals surface area contributed by atoms with Gasteiger partial charge in [0.1, 0.15) is 5.76 Å². The van der Waals surface area contributed by atoms with Gasteiger partial charge in [0.2, 0.25) is 0 Å². The number of carbonyl (C=O) groups is 1. The van der Waals surface area contributed by atoms with Crippen LogP contribution in [-0.2, 0) is 5.75 Å². The number of anilines is 1. The van der Waals surface area contributed by atoms with E-state index in [0.717, 1.165) is 27.6 Å². The second kappa shape index (κ2) is 7.90. The van der Waals surface area contributed by atoms with Crippen LogP contribution < -0.4 is 10.9 Å². The topological polar surface area (TPSA) is 67.2 Å². The van der Waals surface area contributed by atoms with Crippen LogP contribution in [-0.4, -0.2) is 11.1 Å². The summed E-state index contributed by atoms with van der Waals surface area (Å²) in [6, 6.07) is 17.1. The van der Waals surface area contributed by atoms with Crippen molar-refractivity contribution in [2.75, 3.05) is 5.43 Å². The SMILES string of the molecule is Cc1noc(C)c1CSc1ccccc1C(=O)NNc1ccccc1. The molecule has 3 aromatic rings. The van der Waals surface area contributed by atoms with Gasteiger partial charge < -0.3 is 4.52 Å². The minimum absolute atomic E-state index is 0.175. The van der Waals surface area contributed by atoms with Gasteiger partial charge in [-0.25, -0.2) is 0 Å². The zero-order chi connectivity index (χ0) is 17.6. The van der Waals surface area contributed by atoms with Gasteiger partial charge in [-0.15, -0.1) is 11.8 Å². The lowest BCUT2D eigenvalue weighted by Crippen LogP contribution is -2.29. The van der Waals surface area contributed by atoms with Crippen molar-refractivity contribution in [1.29, 1.82) is 0 Å². The zero-order valence-electron chi connectivity index (χ0n) is 14.1. The van der Waals surface area contributed by atoms with Crippen molar-refractivity contribution in [2.24, 2.45) is 0 Å². The minimum atomic E-state index is -0.175. The van der Waals surface area contributed by atoms with Crippen LogP contribution in [0.5, 0.6) is 0 Å². The van der Waals surface area contributed by atoms with Crippen molar-refractivity contribution >= 4 is 23.4 Å². The normalized spacial score (nSPS) is 10.5. The number of hydrogen-bond donors (Lipinski definition) is 2. The highest BCUT2D eigenvalue weighted by atomic mass is 32.2. The van der Waals surface area contributed by atoms with Gasteiger partial charge in [-0.1, -0.05) is 35.5 Å². The number of para-hydroxylation sites is 1. The van der Waals surface area contributed by atoms with Crippen LogP contribution in [0, 0.1) is 13.8 Å². The molecule has 0 atom stereocenters. The van der Waals surface area contributed by atoms with Crippen molar-refractivity contribution < 1.29 is 9.32 Å². The van der Waals surface area contributed by atoms with E-state index in [1.165, 1.54) is 0 Å². The van der Waals surface area contributed by atoms with Gasteiger partial charge in [-0.3, -0.25) is 15.6 Å². The number of thioether (sulfide) groups is 1. The van der Waals surface area contributed by atoms with E-state index in [1.54, 1.807) is 11.8 Å². The fourth-order valence-corrected chi connectivity index (χ4v) is 3.56. The van der Waals surface area contributed by atoms with Crippen LogP contribution in [0.25, 0.3) is 0 Å². The maximum absolute atomic E-state index is 12.5. The summed E-state index contributed by atoms with van der Waals surface area (Å²) < 4.78 is 5.20. The number of nitrogens with zero attached hydrogens (tertiary/aromatic N) is 1. The molecule has 25 heavy (non-hydrogen) atoms. The third-order valence-electron chi connectivity index (χ3n) is 3.78. The third kappa shape index (κ3) is 4.22. The number of hydrogen-bond acceptors (Lipinski definition) is 5. The first kappa shape index (κ1) is 17.1. The summed E-state index contributed by atoms with van der Waals surface area (Å²) in [5.74, 6) is 1.35. The summed E-state index contributed by atoms with van der Waals surface area (Å²) in [6.45, 7) is 3.83. The Hall–Kier alpha value is -2.73. The van der Waals surface area contributed by atoms with Crippen molar-refractivity contribution in [3.8, 4) is 0 Å². The second-order valence-corrected chi connectivity index (χ2v) is 6.55. The van der Waals surface area contributed by atoms with Crippen LogP contribution in [0.3, 0.4) is 0 Å². The van der Waals surface area contributed by atoms with Gasteiger partial charge in [0.25, 0.3) is 5.91 Å². The minimum Gasteiger partial charge on any atom is -0.361 e. The highest BCUT2D eigenvalue weighted by molar-refractivity contribution is 7.98. The second-order valence-electron chi connectivity index (χ2n) is 5.53. The van der Waals surface area contributed by atoms with Crippen LogP contribution >= 0.6 is 11.8 Å². The molecule has 0 aliphatic heterocycles. The van der Waals surface area contributed by atoms with Crippen molar-refractivity contribution in [2.45, 2.75) is 24.5 Å². The molecule has 0 bridgehead atoms. The van der Waals surface area contributed by atoms with E-state index in [9.17, 15) is 4.79 Å². The van der Waals surface area contributed by atoms with Crippen LogP contribution in [0.4, 0.5) is 5.69 Å². The Balaban J connectivity index is 1.69. The van der Waals surface area contributed by atoms with Crippen molar-refractivity contribution in [3.05, 3.63) is 77.2 Å². The highest BCUT2D eigenvalue weighted by Crippen LogP contribution is 2.28. The van der Waals surface area contributed by atoms with Gasteiger partial charge in [-0.05, 0) is 38.1 Å².